The molecule has 0 N–H and O–H groups in total. The Labute approximate surface area is 177 Å². The molecular formula is C20H23N7S2. The van der Waals surface area contributed by atoms with E-state index in [1.54, 1.807) is 23.1 Å². The summed E-state index contributed by atoms with van der Waals surface area (Å²) in [6.45, 7) is 5.88. The van der Waals surface area contributed by atoms with Gasteiger partial charge in [0.05, 0.1) is 10.2 Å². The highest BCUT2D eigenvalue weighted by atomic mass is 32.2. The van der Waals surface area contributed by atoms with E-state index >= 15 is 0 Å². The third-order valence-corrected chi connectivity index (χ3v) is 7.15. The van der Waals surface area contributed by atoms with Crippen LogP contribution in [0, 0.1) is 0 Å². The molecule has 4 aromatic rings. The molecule has 7 nitrogen and oxygen atoms in total. The Morgan fingerprint density at radius 2 is 1.97 bits per heavy atom. The molecule has 0 amide bonds. The Morgan fingerprint density at radius 3 is 2.83 bits per heavy atom. The van der Waals surface area contributed by atoms with Crippen molar-refractivity contribution in [2.24, 2.45) is 0 Å². The van der Waals surface area contributed by atoms with Crippen molar-refractivity contribution < 1.29 is 0 Å². The number of thiazole rings is 1. The van der Waals surface area contributed by atoms with Gasteiger partial charge in [0.1, 0.15) is 5.82 Å². The standard InChI is InChI=1S/C20H23N7S2/c1-3-17-23-24-19-18(21-7-10-27(17)19)25-8-4-9-26(12-11-25)20-22-15-6-5-14(28-2)13-16(15)29-20/h5-7,10,13H,3-4,8-9,11-12H2,1-2H3. The number of aromatic nitrogens is 5. The Morgan fingerprint density at radius 1 is 1.10 bits per heavy atom. The maximum Gasteiger partial charge on any atom is 0.203 e. The van der Waals surface area contributed by atoms with Crippen LogP contribution in [-0.2, 0) is 6.42 Å². The molecular weight excluding hydrogens is 402 g/mol. The number of aryl methyl sites for hydroxylation is 1. The molecule has 4 heterocycles. The van der Waals surface area contributed by atoms with Crippen LogP contribution in [0.5, 0.6) is 0 Å². The van der Waals surface area contributed by atoms with E-state index in [1.165, 1.54) is 9.60 Å². The lowest BCUT2D eigenvalue weighted by atomic mass is 10.3. The van der Waals surface area contributed by atoms with Crippen molar-refractivity contribution in [3.63, 3.8) is 0 Å². The smallest absolute Gasteiger partial charge is 0.203 e. The number of benzene rings is 1. The van der Waals surface area contributed by atoms with E-state index < -0.39 is 0 Å². The largest absolute Gasteiger partial charge is 0.352 e. The van der Waals surface area contributed by atoms with Crippen LogP contribution in [0.4, 0.5) is 10.9 Å². The summed E-state index contributed by atoms with van der Waals surface area (Å²) in [6.07, 6.45) is 7.83. The molecule has 9 heteroatoms. The SMILES string of the molecule is CCc1nnc2c(N3CCCN(c4nc5ccc(SC)cc5s4)CC3)nccn12. The molecule has 3 aromatic heterocycles. The molecule has 5 rings (SSSR count). The Bertz CT molecular complexity index is 1150. The average molecular weight is 426 g/mol. The quantitative estimate of drug-likeness (QED) is 0.462. The summed E-state index contributed by atoms with van der Waals surface area (Å²) >= 11 is 3.56. The molecule has 1 saturated heterocycles. The highest BCUT2D eigenvalue weighted by molar-refractivity contribution is 7.98. The molecule has 1 aliphatic rings. The zero-order chi connectivity index (χ0) is 19.8. The maximum atomic E-state index is 4.89. The van der Waals surface area contributed by atoms with Gasteiger partial charge in [0, 0.05) is 49.9 Å². The predicted molar refractivity (Wildman–Crippen MR) is 121 cm³/mol. The van der Waals surface area contributed by atoms with Crippen molar-refractivity contribution >= 4 is 49.9 Å². The van der Waals surface area contributed by atoms with Gasteiger partial charge in [-0.2, -0.15) is 0 Å². The first kappa shape index (κ1) is 18.6. The summed E-state index contributed by atoms with van der Waals surface area (Å²) in [5.74, 6) is 1.90. The van der Waals surface area contributed by atoms with Gasteiger partial charge in [0.25, 0.3) is 0 Å². The van der Waals surface area contributed by atoms with E-state index in [4.69, 9.17) is 4.98 Å². The first-order valence-corrected chi connectivity index (χ1v) is 11.9. The third kappa shape index (κ3) is 3.42. The first-order chi connectivity index (χ1) is 14.3. The monoisotopic (exact) mass is 425 g/mol. The van der Waals surface area contributed by atoms with Crippen LogP contribution in [0.15, 0.2) is 35.5 Å². The van der Waals surface area contributed by atoms with Gasteiger partial charge in [-0.15, -0.1) is 22.0 Å². The average Bonchev–Trinajstić information content (AvgIpc) is 3.29. The summed E-state index contributed by atoms with van der Waals surface area (Å²) in [6, 6.07) is 6.52. The summed E-state index contributed by atoms with van der Waals surface area (Å²) < 4.78 is 3.32. The van der Waals surface area contributed by atoms with E-state index in [0.717, 1.165) is 67.0 Å². The molecule has 0 radical (unpaired) electrons. The van der Waals surface area contributed by atoms with Crippen molar-refractivity contribution in [2.45, 2.75) is 24.7 Å². The lowest BCUT2D eigenvalue weighted by Gasteiger charge is -2.22. The second-order valence-corrected chi connectivity index (χ2v) is 8.96. The molecule has 1 fully saturated rings. The highest BCUT2D eigenvalue weighted by Crippen LogP contribution is 2.32. The van der Waals surface area contributed by atoms with Gasteiger partial charge >= 0.3 is 0 Å². The molecule has 0 spiro atoms. The fraction of sp³-hybridized carbons (Fsp3) is 0.400. The van der Waals surface area contributed by atoms with Crippen molar-refractivity contribution in [1.29, 1.82) is 0 Å². The van der Waals surface area contributed by atoms with Gasteiger partial charge in [-0.1, -0.05) is 18.3 Å². The number of nitrogens with zero attached hydrogens (tertiary/aromatic N) is 7. The van der Waals surface area contributed by atoms with Gasteiger partial charge < -0.3 is 9.80 Å². The fourth-order valence-corrected chi connectivity index (χ4v) is 5.37. The Kier molecular flexibility index (Phi) is 5.01. The van der Waals surface area contributed by atoms with Crippen LogP contribution in [-0.4, -0.2) is 57.0 Å². The van der Waals surface area contributed by atoms with Gasteiger partial charge in [-0.3, -0.25) is 4.40 Å². The zero-order valence-corrected chi connectivity index (χ0v) is 18.2. The van der Waals surface area contributed by atoms with Crippen molar-refractivity contribution in [2.75, 3.05) is 42.2 Å². The molecule has 1 aromatic carbocycles. The molecule has 0 atom stereocenters. The summed E-state index contributed by atoms with van der Waals surface area (Å²) in [5.41, 5.74) is 1.94. The van der Waals surface area contributed by atoms with Crippen LogP contribution in [0.2, 0.25) is 0 Å². The minimum atomic E-state index is 0.849. The van der Waals surface area contributed by atoms with E-state index in [2.05, 4.69) is 60.8 Å². The summed E-state index contributed by atoms with van der Waals surface area (Å²) in [4.78, 5) is 15.6. The topological polar surface area (TPSA) is 62.5 Å². The molecule has 0 aliphatic carbocycles. The fourth-order valence-electron chi connectivity index (χ4n) is 3.80. The summed E-state index contributed by atoms with van der Waals surface area (Å²) in [7, 11) is 0. The number of thioether (sulfide) groups is 1. The predicted octanol–water partition coefficient (Wildman–Crippen LogP) is 3.74. The van der Waals surface area contributed by atoms with Crippen LogP contribution >= 0.6 is 23.1 Å². The van der Waals surface area contributed by atoms with Crippen LogP contribution in [0.3, 0.4) is 0 Å². The van der Waals surface area contributed by atoms with E-state index in [-0.39, 0.29) is 0 Å². The second-order valence-electron chi connectivity index (χ2n) is 7.07. The van der Waals surface area contributed by atoms with E-state index in [1.807, 2.05) is 12.4 Å². The number of hydrogen-bond acceptors (Lipinski definition) is 8. The van der Waals surface area contributed by atoms with E-state index in [0.29, 0.717) is 0 Å². The first-order valence-electron chi connectivity index (χ1n) is 9.90. The zero-order valence-electron chi connectivity index (χ0n) is 16.6. The highest BCUT2D eigenvalue weighted by Gasteiger charge is 2.21. The molecule has 0 saturated carbocycles. The van der Waals surface area contributed by atoms with Gasteiger partial charge in [-0.05, 0) is 30.9 Å². The minimum absolute atomic E-state index is 0.849. The number of hydrogen-bond donors (Lipinski definition) is 0. The van der Waals surface area contributed by atoms with Crippen LogP contribution in [0.25, 0.3) is 15.9 Å². The normalized spacial score (nSPS) is 15.4. The molecule has 0 bridgehead atoms. The molecule has 150 valence electrons. The molecule has 0 unspecified atom stereocenters. The lowest BCUT2D eigenvalue weighted by Crippen LogP contribution is -2.31. The third-order valence-electron chi connectivity index (χ3n) is 5.35. The number of anilines is 2. The number of fused-ring (bicyclic) bond motifs is 2. The van der Waals surface area contributed by atoms with E-state index in [9.17, 15) is 0 Å². The van der Waals surface area contributed by atoms with Gasteiger partial charge in [0.15, 0.2) is 10.9 Å². The molecule has 29 heavy (non-hydrogen) atoms. The summed E-state index contributed by atoms with van der Waals surface area (Å²) in [5, 5.41) is 9.83. The number of rotatable bonds is 4. The van der Waals surface area contributed by atoms with Crippen LogP contribution in [0.1, 0.15) is 19.2 Å². The Hall–Kier alpha value is -2.39. The second kappa shape index (κ2) is 7.79. The van der Waals surface area contributed by atoms with Gasteiger partial charge in [0.2, 0.25) is 5.65 Å². The van der Waals surface area contributed by atoms with Crippen molar-refractivity contribution in [1.82, 2.24) is 24.6 Å². The van der Waals surface area contributed by atoms with Crippen molar-refractivity contribution in [3.05, 3.63) is 36.4 Å². The van der Waals surface area contributed by atoms with Gasteiger partial charge in [-0.25, -0.2) is 9.97 Å². The Balaban J connectivity index is 1.39. The lowest BCUT2D eigenvalue weighted by molar-refractivity contribution is 0.795. The molecule has 1 aliphatic heterocycles. The minimum Gasteiger partial charge on any atom is -0.352 e. The maximum absolute atomic E-state index is 4.89. The van der Waals surface area contributed by atoms with Crippen LogP contribution < -0.4 is 9.80 Å². The van der Waals surface area contributed by atoms with Crippen molar-refractivity contribution in [3.8, 4) is 0 Å².